The van der Waals surface area contributed by atoms with E-state index < -0.39 is 5.97 Å². The highest BCUT2D eigenvalue weighted by atomic mass is 16.7. The van der Waals surface area contributed by atoms with Gasteiger partial charge in [0, 0.05) is 0 Å². The second kappa shape index (κ2) is 3.62. The van der Waals surface area contributed by atoms with Crippen LogP contribution in [0.25, 0.3) is 6.08 Å². The molecule has 86 valence electrons. The molecule has 5 nitrogen and oxygen atoms in total. The van der Waals surface area contributed by atoms with Gasteiger partial charge in [-0.15, -0.1) is 0 Å². The Hall–Kier alpha value is -2.30. The van der Waals surface area contributed by atoms with E-state index in [0.29, 0.717) is 17.1 Å². The summed E-state index contributed by atoms with van der Waals surface area (Å²) < 4.78 is 15.0. The van der Waals surface area contributed by atoms with Gasteiger partial charge in [-0.2, -0.15) is 0 Å². The number of cyclic esters (lactones) is 1. The second-order valence-electron chi connectivity index (χ2n) is 3.67. The molecule has 1 aromatic rings. The van der Waals surface area contributed by atoms with E-state index in [1.807, 2.05) is 0 Å². The minimum Gasteiger partial charge on any atom is -0.454 e. The lowest BCUT2D eigenvalue weighted by molar-refractivity contribution is -0.135. The Bertz CT molecular complexity index is 526. The van der Waals surface area contributed by atoms with Crippen molar-refractivity contribution in [3.05, 3.63) is 29.3 Å². The Labute approximate surface area is 96.6 Å². The summed E-state index contributed by atoms with van der Waals surface area (Å²) in [6.45, 7) is 0.0194. The van der Waals surface area contributed by atoms with Gasteiger partial charge in [-0.25, -0.2) is 4.79 Å². The van der Waals surface area contributed by atoms with Gasteiger partial charge in [0.25, 0.3) is 0 Å². The molecule has 1 saturated heterocycles. The third kappa shape index (κ3) is 1.65. The normalized spacial score (nSPS) is 19.9. The molecule has 3 rings (SSSR count). The SMILES string of the molecule is O=C1COC(=O)/C1=C\c1ccc2c(c1)OCO2. The second-order valence-corrected chi connectivity index (χ2v) is 3.67. The van der Waals surface area contributed by atoms with Crippen LogP contribution in [0.1, 0.15) is 5.56 Å². The standard InChI is InChI=1S/C12H8O5/c13-9-5-15-12(14)8(9)3-7-1-2-10-11(4-7)17-6-16-10/h1-4H,5-6H2/b8-3-. The maximum Gasteiger partial charge on any atom is 0.342 e. The summed E-state index contributed by atoms with van der Waals surface area (Å²) in [7, 11) is 0. The highest BCUT2D eigenvalue weighted by molar-refractivity contribution is 6.24. The first-order valence-corrected chi connectivity index (χ1v) is 5.06. The third-order valence-electron chi connectivity index (χ3n) is 2.56. The summed E-state index contributed by atoms with van der Waals surface area (Å²) in [6.07, 6.45) is 1.50. The van der Waals surface area contributed by atoms with Gasteiger partial charge >= 0.3 is 5.97 Å². The number of Topliss-reactive ketones (excluding diaryl/α,β-unsaturated/α-hetero) is 1. The van der Waals surface area contributed by atoms with Crippen LogP contribution in [-0.4, -0.2) is 25.2 Å². The van der Waals surface area contributed by atoms with Gasteiger partial charge in [0.2, 0.25) is 12.6 Å². The van der Waals surface area contributed by atoms with Gasteiger partial charge in [0.05, 0.1) is 0 Å². The van der Waals surface area contributed by atoms with Crippen LogP contribution in [-0.2, 0) is 14.3 Å². The van der Waals surface area contributed by atoms with Crippen molar-refractivity contribution in [1.82, 2.24) is 0 Å². The van der Waals surface area contributed by atoms with Gasteiger partial charge in [0.15, 0.2) is 18.1 Å². The lowest BCUT2D eigenvalue weighted by Crippen LogP contribution is -2.00. The van der Waals surface area contributed by atoms with Gasteiger partial charge < -0.3 is 14.2 Å². The number of ketones is 1. The molecule has 2 aliphatic rings. The highest BCUT2D eigenvalue weighted by Gasteiger charge is 2.28. The molecule has 0 bridgehead atoms. The molecule has 0 amide bonds. The molecule has 17 heavy (non-hydrogen) atoms. The maximum atomic E-state index is 11.4. The van der Waals surface area contributed by atoms with Crippen LogP contribution in [0, 0.1) is 0 Å². The van der Waals surface area contributed by atoms with E-state index in [1.54, 1.807) is 18.2 Å². The minimum atomic E-state index is -0.576. The zero-order valence-corrected chi connectivity index (χ0v) is 8.76. The highest BCUT2D eigenvalue weighted by Crippen LogP contribution is 2.33. The molecule has 0 radical (unpaired) electrons. The van der Waals surface area contributed by atoms with Crippen LogP contribution in [0.2, 0.25) is 0 Å². The number of rotatable bonds is 1. The van der Waals surface area contributed by atoms with Crippen LogP contribution in [0.5, 0.6) is 11.5 Å². The first-order chi connectivity index (χ1) is 8.24. The fourth-order valence-corrected chi connectivity index (χ4v) is 1.71. The molecule has 5 heteroatoms. The van der Waals surface area contributed by atoms with Crippen molar-refractivity contribution in [2.24, 2.45) is 0 Å². The first-order valence-electron chi connectivity index (χ1n) is 5.06. The molecule has 0 N–H and O–H groups in total. The average Bonchev–Trinajstić information content (AvgIpc) is 2.90. The van der Waals surface area contributed by atoms with E-state index in [2.05, 4.69) is 4.74 Å². The number of esters is 1. The van der Waals surface area contributed by atoms with Crippen molar-refractivity contribution >= 4 is 17.8 Å². The number of hydrogen-bond acceptors (Lipinski definition) is 5. The molecule has 2 heterocycles. The Morgan fingerprint density at radius 1 is 1.06 bits per heavy atom. The van der Waals surface area contributed by atoms with Gasteiger partial charge in [0.1, 0.15) is 5.57 Å². The maximum absolute atomic E-state index is 11.4. The first kappa shape index (κ1) is 9.89. The van der Waals surface area contributed by atoms with Gasteiger partial charge in [-0.1, -0.05) is 6.07 Å². The van der Waals surface area contributed by atoms with Crippen molar-refractivity contribution in [2.45, 2.75) is 0 Å². The summed E-state index contributed by atoms with van der Waals surface area (Å²) in [6, 6.07) is 5.20. The Morgan fingerprint density at radius 3 is 2.65 bits per heavy atom. The number of ether oxygens (including phenoxy) is 3. The zero-order valence-electron chi connectivity index (χ0n) is 8.76. The van der Waals surface area contributed by atoms with Crippen molar-refractivity contribution < 1.29 is 23.8 Å². The number of carbonyl (C=O) groups is 2. The third-order valence-corrected chi connectivity index (χ3v) is 2.56. The molecule has 1 fully saturated rings. The number of benzene rings is 1. The molecule has 0 spiro atoms. The monoisotopic (exact) mass is 232 g/mol. The predicted molar refractivity (Wildman–Crippen MR) is 56.5 cm³/mol. The van der Waals surface area contributed by atoms with Crippen LogP contribution in [0.4, 0.5) is 0 Å². The van der Waals surface area contributed by atoms with Gasteiger partial charge in [-0.05, 0) is 23.8 Å². The fraction of sp³-hybridized carbons (Fsp3) is 0.167. The summed E-state index contributed by atoms with van der Waals surface area (Å²) in [5.74, 6) is 0.394. The van der Waals surface area contributed by atoms with E-state index in [1.165, 1.54) is 6.08 Å². The molecular weight excluding hydrogens is 224 g/mol. The Balaban J connectivity index is 1.98. The molecule has 1 aromatic carbocycles. The molecule has 0 unspecified atom stereocenters. The van der Waals surface area contributed by atoms with Gasteiger partial charge in [-0.3, -0.25) is 4.79 Å². The Morgan fingerprint density at radius 2 is 1.88 bits per heavy atom. The smallest absolute Gasteiger partial charge is 0.342 e. The molecular formula is C12H8O5. The van der Waals surface area contributed by atoms with E-state index in [4.69, 9.17) is 9.47 Å². The van der Waals surface area contributed by atoms with Crippen LogP contribution < -0.4 is 9.47 Å². The summed E-state index contributed by atoms with van der Waals surface area (Å²) in [5, 5.41) is 0. The minimum absolute atomic E-state index is 0.0730. The lowest BCUT2D eigenvalue weighted by atomic mass is 10.1. The van der Waals surface area contributed by atoms with Crippen molar-refractivity contribution in [3.8, 4) is 11.5 Å². The zero-order chi connectivity index (χ0) is 11.8. The van der Waals surface area contributed by atoms with E-state index in [9.17, 15) is 9.59 Å². The molecule has 0 atom stereocenters. The summed E-state index contributed by atoms with van der Waals surface area (Å²) in [5.41, 5.74) is 0.778. The topological polar surface area (TPSA) is 61.8 Å². The van der Waals surface area contributed by atoms with Crippen molar-refractivity contribution in [1.29, 1.82) is 0 Å². The summed E-state index contributed by atoms with van der Waals surface area (Å²) >= 11 is 0. The fourth-order valence-electron chi connectivity index (χ4n) is 1.71. The summed E-state index contributed by atoms with van der Waals surface area (Å²) in [4.78, 5) is 22.6. The predicted octanol–water partition coefficient (Wildman–Crippen LogP) is 0.925. The lowest BCUT2D eigenvalue weighted by Gasteiger charge is -1.98. The molecule has 0 aliphatic carbocycles. The average molecular weight is 232 g/mol. The Kier molecular flexibility index (Phi) is 2.11. The largest absolute Gasteiger partial charge is 0.454 e. The number of hydrogen-bond donors (Lipinski definition) is 0. The van der Waals surface area contributed by atoms with Crippen molar-refractivity contribution in [3.63, 3.8) is 0 Å². The molecule has 0 aromatic heterocycles. The van der Waals surface area contributed by atoms with E-state index in [0.717, 1.165) is 0 Å². The van der Waals surface area contributed by atoms with Crippen LogP contribution in [0.15, 0.2) is 23.8 Å². The van der Waals surface area contributed by atoms with Crippen molar-refractivity contribution in [2.75, 3.05) is 13.4 Å². The molecule has 2 aliphatic heterocycles. The number of fused-ring (bicyclic) bond motifs is 1. The van der Waals surface area contributed by atoms with Crippen LogP contribution in [0.3, 0.4) is 0 Å². The van der Waals surface area contributed by atoms with E-state index >= 15 is 0 Å². The number of carbonyl (C=O) groups excluding carboxylic acids is 2. The molecule has 0 saturated carbocycles. The quantitative estimate of drug-likeness (QED) is 0.409. The van der Waals surface area contributed by atoms with E-state index in [-0.39, 0.29) is 24.8 Å². The van der Waals surface area contributed by atoms with Crippen LogP contribution >= 0.6 is 0 Å².